The van der Waals surface area contributed by atoms with E-state index in [0.717, 1.165) is 17.4 Å². The summed E-state index contributed by atoms with van der Waals surface area (Å²) in [4.78, 5) is 25.5. The molecule has 0 atom stereocenters. The van der Waals surface area contributed by atoms with Crippen LogP contribution in [0.5, 0.6) is 0 Å². The van der Waals surface area contributed by atoms with Gasteiger partial charge in [-0.1, -0.05) is 5.57 Å². The number of sulfone groups is 1. The minimum atomic E-state index is -3.47. The molecule has 0 unspecified atom stereocenters. The van der Waals surface area contributed by atoms with Gasteiger partial charge in [-0.25, -0.2) is 8.42 Å². The molecule has 0 saturated heterocycles. The van der Waals surface area contributed by atoms with Crippen LogP contribution in [0.1, 0.15) is 53.5 Å². The number of H-pyrrole nitrogens is 1. The topological polar surface area (TPSA) is 89.0 Å². The molecule has 0 fully saturated rings. The number of aromatic nitrogens is 2. The van der Waals surface area contributed by atoms with Crippen LogP contribution in [0, 0.1) is 13.8 Å². The van der Waals surface area contributed by atoms with E-state index < -0.39 is 21.2 Å². The highest BCUT2D eigenvalue weighted by Gasteiger charge is 2.25. The molecule has 0 aliphatic heterocycles. The Balaban J connectivity index is 2.85. The molecule has 1 aromatic carbocycles. The number of ketones is 1. The molecule has 0 saturated carbocycles. The van der Waals surface area contributed by atoms with Gasteiger partial charge in [-0.2, -0.15) is 0 Å². The summed E-state index contributed by atoms with van der Waals surface area (Å²) in [6, 6.07) is 2.94. The van der Waals surface area contributed by atoms with Gasteiger partial charge in [-0.05, 0) is 63.5 Å². The van der Waals surface area contributed by atoms with E-state index in [4.69, 9.17) is 0 Å². The highest BCUT2D eigenvalue weighted by atomic mass is 32.2. The number of aromatic amines is 1. The summed E-state index contributed by atoms with van der Waals surface area (Å²) >= 11 is 0. The van der Waals surface area contributed by atoms with Crippen LogP contribution in [-0.2, 0) is 16.9 Å². The molecule has 2 aromatic rings. The minimum absolute atomic E-state index is 0.0727. The minimum Gasteiger partial charge on any atom is -0.299 e. The van der Waals surface area contributed by atoms with Gasteiger partial charge >= 0.3 is 0 Å². The van der Waals surface area contributed by atoms with Gasteiger partial charge in [-0.3, -0.25) is 19.4 Å². The molecule has 0 aliphatic rings. The van der Waals surface area contributed by atoms with Crippen molar-refractivity contribution >= 4 is 21.2 Å². The number of allylic oxidation sites excluding steroid dienone is 2. The summed E-state index contributed by atoms with van der Waals surface area (Å²) in [6.45, 7) is 9.00. The number of carbonyl (C=O) groups is 1. The first-order chi connectivity index (χ1) is 11.9. The first-order valence-corrected chi connectivity index (χ1v) is 10.1. The lowest BCUT2D eigenvalue weighted by Crippen LogP contribution is -2.20. The van der Waals surface area contributed by atoms with Crippen molar-refractivity contribution in [1.29, 1.82) is 0 Å². The monoisotopic (exact) mass is 376 g/mol. The first kappa shape index (κ1) is 19.9. The van der Waals surface area contributed by atoms with Gasteiger partial charge in [0.1, 0.15) is 5.56 Å². The Labute approximate surface area is 153 Å². The van der Waals surface area contributed by atoms with Crippen molar-refractivity contribution in [1.82, 2.24) is 9.78 Å². The Hall–Kier alpha value is -2.41. The predicted molar refractivity (Wildman–Crippen MR) is 102 cm³/mol. The van der Waals surface area contributed by atoms with Crippen LogP contribution in [-0.4, -0.2) is 30.2 Å². The molecule has 1 aromatic heterocycles. The molecule has 7 heteroatoms. The van der Waals surface area contributed by atoms with E-state index in [9.17, 15) is 18.0 Å². The average Bonchev–Trinajstić information content (AvgIpc) is 2.77. The van der Waals surface area contributed by atoms with Crippen LogP contribution in [0.15, 0.2) is 27.4 Å². The number of hydrogen-bond acceptors (Lipinski definition) is 4. The van der Waals surface area contributed by atoms with E-state index >= 15 is 0 Å². The van der Waals surface area contributed by atoms with Gasteiger partial charge in [0.2, 0.25) is 5.78 Å². The zero-order chi connectivity index (χ0) is 20.0. The van der Waals surface area contributed by atoms with E-state index in [1.54, 1.807) is 20.9 Å². The largest absolute Gasteiger partial charge is 0.299 e. The predicted octanol–water partition coefficient (Wildman–Crippen LogP) is 2.78. The smallest absolute Gasteiger partial charge is 0.277 e. The summed E-state index contributed by atoms with van der Waals surface area (Å²) in [5, 5.41) is 2.82. The normalized spacial score (nSPS) is 11.5. The van der Waals surface area contributed by atoms with Crippen molar-refractivity contribution in [3.63, 3.8) is 0 Å². The molecule has 2 rings (SSSR count). The van der Waals surface area contributed by atoms with Crippen molar-refractivity contribution in [2.75, 3.05) is 6.26 Å². The molecular formula is C19H24N2O4S. The molecule has 0 amide bonds. The van der Waals surface area contributed by atoms with Crippen molar-refractivity contribution in [2.24, 2.45) is 7.05 Å². The van der Waals surface area contributed by atoms with E-state index in [0.29, 0.717) is 22.4 Å². The van der Waals surface area contributed by atoms with Crippen molar-refractivity contribution < 1.29 is 13.2 Å². The molecule has 0 bridgehead atoms. The number of rotatable bonds is 4. The lowest BCUT2D eigenvalue weighted by molar-refractivity contribution is 0.103. The second-order valence-electron chi connectivity index (χ2n) is 6.81. The fourth-order valence-electron chi connectivity index (χ4n) is 3.05. The Kier molecular flexibility index (Phi) is 5.14. The highest BCUT2D eigenvalue weighted by Crippen LogP contribution is 2.31. The summed E-state index contributed by atoms with van der Waals surface area (Å²) in [6.07, 6.45) is 1.15. The SMILES string of the molecule is CC(C)=C(C)c1c(S(C)(=O)=O)ccc(C(=O)c2c(C)[nH]n(C)c2=O)c1C. The van der Waals surface area contributed by atoms with Crippen molar-refractivity contribution in [3.8, 4) is 0 Å². The second kappa shape index (κ2) is 6.72. The fraction of sp³-hybridized carbons (Fsp3) is 0.368. The third-order valence-corrected chi connectivity index (χ3v) is 5.79. The first-order valence-electron chi connectivity index (χ1n) is 8.16. The Morgan fingerprint density at radius 2 is 1.65 bits per heavy atom. The van der Waals surface area contributed by atoms with Crippen LogP contribution in [0.4, 0.5) is 0 Å². The molecular weight excluding hydrogens is 352 g/mol. The number of nitrogens with zero attached hydrogens (tertiary/aromatic N) is 1. The number of aryl methyl sites for hydroxylation is 2. The zero-order valence-corrected chi connectivity index (χ0v) is 17.0. The Morgan fingerprint density at radius 1 is 1.08 bits per heavy atom. The number of benzene rings is 1. The summed E-state index contributed by atoms with van der Waals surface area (Å²) in [5.41, 5.74) is 3.32. The average molecular weight is 376 g/mol. The van der Waals surface area contributed by atoms with Gasteiger partial charge in [0, 0.05) is 24.6 Å². The van der Waals surface area contributed by atoms with E-state index in [2.05, 4.69) is 5.10 Å². The molecule has 140 valence electrons. The molecule has 1 heterocycles. The maximum Gasteiger partial charge on any atom is 0.277 e. The van der Waals surface area contributed by atoms with Crippen molar-refractivity contribution in [2.45, 2.75) is 39.5 Å². The summed E-state index contributed by atoms with van der Waals surface area (Å²) in [5.74, 6) is -0.412. The van der Waals surface area contributed by atoms with E-state index in [-0.39, 0.29) is 10.5 Å². The summed E-state index contributed by atoms with van der Waals surface area (Å²) < 4.78 is 25.7. The third kappa shape index (κ3) is 3.31. The molecule has 0 radical (unpaired) electrons. The lowest BCUT2D eigenvalue weighted by Gasteiger charge is -2.16. The number of hydrogen-bond donors (Lipinski definition) is 1. The van der Waals surface area contributed by atoms with Gasteiger partial charge in [-0.15, -0.1) is 0 Å². The molecule has 0 spiro atoms. The lowest BCUT2D eigenvalue weighted by atomic mass is 9.91. The van der Waals surface area contributed by atoms with Gasteiger partial charge in [0.25, 0.3) is 5.56 Å². The van der Waals surface area contributed by atoms with E-state index in [1.807, 2.05) is 20.8 Å². The molecule has 1 N–H and O–H groups in total. The zero-order valence-electron chi connectivity index (χ0n) is 16.1. The number of nitrogens with one attached hydrogen (secondary N) is 1. The van der Waals surface area contributed by atoms with Crippen LogP contribution in [0.2, 0.25) is 0 Å². The highest BCUT2D eigenvalue weighted by molar-refractivity contribution is 7.90. The second-order valence-corrected chi connectivity index (χ2v) is 8.80. The Bertz CT molecular complexity index is 1100. The van der Waals surface area contributed by atoms with E-state index in [1.165, 1.54) is 16.8 Å². The quantitative estimate of drug-likeness (QED) is 0.831. The Morgan fingerprint density at radius 3 is 2.08 bits per heavy atom. The van der Waals surface area contributed by atoms with Crippen molar-refractivity contribution in [3.05, 3.63) is 56.0 Å². The van der Waals surface area contributed by atoms with Gasteiger partial charge in [0.05, 0.1) is 4.90 Å². The molecule has 0 aliphatic carbocycles. The van der Waals surface area contributed by atoms with Crippen LogP contribution in [0.3, 0.4) is 0 Å². The van der Waals surface area contributed by atoms with Crippen LogP contribution >= 0.6 is 0 Å². The maximum absolute atomic E-state index is 13.0. The number of carbonyl (C=O) groups excluding carboxylic acids is 1. The standard InChI is InChI=1S/C19H24N2O4S/c1-10(2)11(3)16-12(4)14(8-9-15(16)26(7,24)25)18(22)17-13(5)20-21(6)19(17)23/h8-9,20H,1-7H3. The fourth-order valence-corrected chi connectivity index (χ4v) is 4.04. The molecule has 26 heavy (non-hydrogen) atoms. The van der Waals surface area contributed by atoms with Gasteiger partial charge < -0.3 is 0 Å². The molecule has 6 nitrogen and oxygen atoms in total. The maximum atomic E-state index is 13.0. The van der Waals surface area contributed by atoms with Crippen LogP contribution < -0.4 is 5.56 Å². The third-order valence-electron chi connectivity index (χ3n) is 4.65. The van der Waals surface area contributed by atoms with Gasteiger partial charge in [0.15, 0.2) is 9.84 Å². The summed E-state index contributed by atoms with van der Waals surface area (Å²) in [7, 11) is -1.93. The van der Waals surface area contributed by atoms with Crippen LogP contribution in [0.25, 0.3) is 5.57 Å².